The number of aliphatic carboxylic acids is 1. The SMILES string of the molecule is CSCC1(CC(=O)O)CCCCC1. The van der Waals surface area contributed by atoms with E-state index in [2.05, 4.69) is 6.26 Å². The van der Waals surface area contributed by atoms with Gasteiger partial charge >= 0.3 is 5.97 Å². The molecule has 3 heteroatoms. The molecule has 0 atom stereocenters. The van der Waals surface area contributed by atoms with Crippen LogP contribution in [0.5, 0.6) is 0 Å². The van der Waals surface area contributed by atoms with Crippen LogP contribution < -0.4 is 0 Å². The van der Waals surface area contributed by atoms with E-state index in [9.17, 15) is 4.79 Å². The Morgan fingerprint density at radius 3 is 2.46 bits per heavy atom. The van der Waals surface area contributed by atoms with E-state index in [0.717, 1.165) is 18.6 Å². The average Bonchev–Trinajstić information content (AvgIpc) is 2.04. The molecule has 1 aliphatic rings. The minimum atomic E-state index is -0.629. The topological polar surface area (TPSA) is 37.3 Å². The Hall–Kier alpha value is -0.180. The Morgan fingerprint density at radius 1 is 1.38 bits per heavy atom. The van der Waals surface area contributed by atoms with Crippen molar-refractivity contribution in [3.05, 3.63) is 0 Å². The van der Waals surface area contributed by atoms with Gasteiger partial charge in [0.15, 0.2) is 0 Å². The molecule has 2 nitrogen and oxygen atoms in total. The van der Waals surface area contributed by atoms with Gasteiger partial charge in [-0.25, -0.2) is 0 Å². The predicted molar refractivity (Wildman–Crippen MR) is 56.2 cm³/mol. The van der Waals surface area contributed by atoms with Crippen LogP contribution in [0.4, 0.5) is 0 Å². The molecule has 13 heavy (non-hydrogen) atoms. The zero-order valence-corrected chi connectivity index (χ0v) is 9.03. The van der Waals surface area contributed by atoms with Crippen LogP contribution >= 0.6 is 11.8 Å². The molecule has 0 saturated heterocycles. The van der Waals surface area contributed by atoms with E-state index in [-0.39, 0.29) is 5.41 Å². The molecule has 0 spiro atoms. The highest BCUT2D eigenvalue weighted by Gasteiger charge is 2.33. The maximum absolute atomic E-state index is 10.7. The maximum atomic E-state index is 10.7. The van der Waals surface area contributed by atoms with Crippen molar-refractivity contribution in [1.82, 2.24) is 0 Å². The van der Waals surface area contributed by atoms with Gasteiger partial charge in [0, 0.05) is 0 Å². The minimum absolute atomic E-state index is 0.115. The molecule has 1 N–H and O–H groups in total. The normalized spacial score (nSPS) is 21.3. The molecule has 0 unspecified atom stereocenters. The lowest BCUT2D eigenvalue weighted by Crippen LogP contribution is -2.29. The molecular formula is C10H18O2S. The Balaban J connectivity index is 2.55. The number of carboxylic acid groups (broad SMARTS) is 1. The van der Waals surface area contributed by atoms with E-state index in [4.69, 9.17) is 5.11 Å². The molecule has 1 rings (SSSR count). The van der Waals surface area contributed by atoms with Crippen molar-refractivity contribution < 1.29 is 9.90 Å². The second-order valence-corrected chi connectivity index (χ2v) is 4.93. The quantitative estimate of drug-likeness (QED) is 0.761. The molecular weight excluding hydrogens is 184 g/mol. The first-order valence-corrected chi connectivity index (χ1v) is 6.29. The fraction of sp³-hybridized carbons (Fsp3) is 0.900. The summed E-state index contributed by atoms with van der Waals surface area (Å²) in [6.07, 6.45) is 8.38. The van der Waals surface area contributed by atoms with Crippen LogP contribution in [0.25, 0.3) is 0 Å². The lowest BCUT2D eigenvalue weighted by atomic mass is 9.73. The first kappa shape index (κ1) is 10.9. The lowest BCUT2D eigenvalue weighted by molar-refractivity contribution is -0.139. The second kappa shape index (κ2) is 4.89. The van der Waals surface area contributed by atoms with Gasteiger partial charge < -0.3 is 5.11 Å². The van der Waals surface area contributed by atoms with E-state index in [1.807, 2.05) is 0 Å². The van der Waals surface area contributed by atoms with Crippen molar-refractivity contribution in [2.24, 2.45) is 5.41 Å². The fourth-order valence-corrected chi connectivity index (χ4v) is 3.30. The van der Waals surface area contributed by atoms with Crippen LogP contribution in [0.2, 0.25) is 0 Å². The average molecular weight is 202 g/mol. The summed E-state index contributed by atoms with van der Waals surface area (Å²) in [5.74, 6) is 0.384. The number of hydrogen-bond donors (Lipinski definition) is 1. The molecule has 0 radical (unpaired) electrons. The summed E-state index contributed by atoms with van der Waals surface area (Å²) in [7, 11) is 0. The van der Waals surface area contributed by atoms with Crippen LogP contribution in [0, 0.1) is 5.41 Å². The van der Waals surface area contributed by atoms with Gasteiger partial charge in [-0.3, -0.25) is 4.79 Å². The highest BCUT2D eigenvalue weighted by Crippen LogP contribution is 2.41. The minimum Gasteiger partial charge on any atom is -0.481 e. The van der Waals surface area contributed by atoms with E-state index < -0.39 is 5.97 Å². The predicted octanol–water partition coefficient (Wildman–Crippen LogP) is 2.77. The first-order chi connectivity index (χ1) is 6.18. The largest absolute Gasteiger partial charge is 0.481 e. The van der Waals surface area contributed by atoms with Crippen molar-refractivity contribution >= 4 is 17.7 Å². The van der Waals surface area contributed by atoms with Gasteiger partial charge in [-0.2, -0.15) is 11.8 Å². The van der Waals surface area contributed by atoms with Crippen LogP contribution in [-0.2, 0) is 4.79 Å². The molecule has 0 amide bonds. The molecule has 0 aromatic rings. The number of carboxylic acids is 1. The fourth-order valence-electron chi connectivity index (χ4n) is 2.30. The second-order valence-electron chi connectivity index (χ2n) is 4.06. The molecule has 0 heterocycles. The smallest absolute Gasteiger partial charge is 0.303 e. The highest BCUT2D eigenvalue weighted by molar-refractivity contribution is 7.98. The van der Waals surface area contributed by atoms with Crippen molar-refractivity contribution in [2.45, 2.75) is 38.5 Å². The summed E-state index contributed by atoms with van der Waals surface area (Å²) in [6, 6.07) is 0. The Morgan fingerprint density at radius 2 is 2.00 bits per heavy atom. The maximum Gasteiger partial charge on any atom is 0.303 e. The van der Waals surface area contributed by atoms with E-state index >= 15 is 0 Å². The zero-order chi connectivity index (χ0) is 9.73. The monoisotopic (exact) mass is 202 g/mol. The number of rotatable bonds is 4. The summed E-state index contributed by atoms with van der Waals surface area (Å²) < 4.78 is 0. The third-order valence-electron chi connectivity index (χ3n) is 2.89. The molecule has 1 aliphatic carbocycles. The van der Waals surface area contributed by atoms with Gasteiger partial charge in [-0.15, -0.1) is 0 Å². The van der Waals surface area contributed by atoms with Crippen LogP contribution in [0.1, 0.15) is 38.5 Å². The first-order valence-electron chi connectivity index (χ1n) is 4.89. The van der Waals surface area contributed by atoms with Crippen molar-refractivity contribution in [2.75, 3.05) is 12.0 Å². The summed E-state index contributed by atoms with van der Waals surface area (Å²) in [6.45, 7) is 0. The van der Waals surface area contributed by atoms with E-state index in [1.54, 1.807) is 11.8 Å². The molecule has 0 aromatic carbocycles. The van der Waals surface area contributed by atoms with Gasteiger partial charge in [0.25, 0.3) is 0 Å². The summed E-state index contributed by atoms with van der Waals surface area (Å²) in [4.78, 5) is 10.7. The summed E-state index contributed by atoms with van der Waals surface area (Å²) in [5, 5.41) is 8.85. The molecule has 0 aliphatic heterocycles. The van der Waals surface area contributed by atoms with Crippen molar-refractivity contribution in [3.63, 3.8) is 0 Å². The third-order valence-corrected chi connectivity index (χ3v) is 3.79. The van der Waals surface area contributed by atoms with Crippen molar-refractivity contribution in [1.29, 1.82) is 0 Å². The van der Waals surface area contributed by atoms with Gasteiger partial charge in [-0.1, -0.05) is 19.3 Å². The van der Waals surface area contributed by atoms with E-state index in [0.29, 0.717) is 6.42 Å². The van der Waals surface area contributed by atoms with Crippen LogP contribution in [-0.4, -0.2) is 23.1 Å². The molecule has 76 valence electrons. The standard InChI is InChI=1S/C10H18O2S/c1-13-8-10(7-9(11)12)5-3-2-4-6-10/h2-8H2,1H3,(H,11,12). The highest BCUT2D eigenvalue weighted by atomic mass is 32.2. The van der Waals surface area contributed by atoms with Gasteiger partial charge in [0.1, 0.15) is 0 Å². The Kier molecular flexibility index (Phi) is 4.10. The van der Waals surface area contributed by atoms with Gasteiger partial charge in [0.05, 0.1) is 6.42 Å². The summed E-state index contributed by atoms with van der Waals surface area (Å²) >= 11 is 1.79. The molecule has 0 aromatic heterocycles. The third kappa shape index (κ3) is 3.22. The van der Waals surface area contributed by atoms with Gasteiger partial charge in [-0.05, 0) is 30.3 Å². The van der Waals surface area contributed by atoms with E-state index in [1.165, 1.54) is 19.3 Å². The van der Waals surface area contributed by atoms with Gasteiger partial charge in [0.2, 0.25) is 0 Å². The van der Waals surface area contributed by atoms with Crippen molar-refractivity contribution in [3.8, 4) is 0 Å². The number of thioether (sulfide) groups is 1. The summed E-state index contributed by atoms with van der Waals surface area (Å²) in [5.41, 5.74) is 0.115. The molecule has 0 bridgehead atoms. The molecule has 1 saturated carbocycles. The lowest BCUT2D eigenvalue weighted by Gasteiger charge is -2.35. The number of hydrogen-bond acceptors (Lipinski definition) is 2. The van der Waals surface area contributed by atoms with Crippen LogP contribution in [0.15, 0.2) is 0 Å². The Bertz CT molecular complexity index is 168. The molecule has 1 fully saturated rings. The van der Waals surface area contributed by atoms with Crippen LogP contribution in [0.3, 0.4) is 0 Å². The Labute approximate surface area is 84.1 Å². The number of carbonyl (C=O) groups is 1. The zero-order valence-electron chi connectivity index (χ0n) is 8.21.